The number of hydrogen-bond donors (Lipinski definition) is 1. The summed E-state index contributed by atoms with van der Waals surface area (Å²) in [7, 11) is 3.23. The fraction of sp³-hybridized carbons (Fsp3) is 0.379. The number of carbonyl (C=O) groups is 1. The Hall–Kier alpha value is -4.06. The molecule has 0 radical (unpaired) electrons. The Balaban J connectivity index is 1.25. The van der Waals surface area contributed by atoms with Crippen molar-refractivity contribution >= 4 is 50.4 Å². The van der Waals surface area contributed by atoms with Crippen molar-refractivity contribution in [2.24, 2.45) is 0 Å². The van der Waals surface area contributed by atoms with Crippen LogP contribution in [-0.4, -0.2) is 76.7 Å². The largest absolute Gasteiger partial charge is 0.493 e. The summed E-state index contributed by atoms with van der Waals surface area (Å²) in [6.45, 7) is 8.86. The maximum absolute atomic E-state index is 12.4. The number of ether oxygens (including phenoxy) is 3. The van der Waals surface area contributed by atoms with E-state index >= 15 is 0 Å². The molecule has 1 aliphatic heterocycles. The molecule has 1 saturated heterocycles. The van der Waals surface area contributed by atoms with Crippen molar-refractivity contribution < 1.29 is 19.0 Å². The molecule has 3 heterocycles. The smallest absolute Gasteiger partial charge is 0.410 e. The van der Waals surface area contributed by atoms with Crippen LogP contribution in [0, 0.1) is 0 Å². The summed E-state index contributed by atoms with van der Waals surface area (Å²) in [4.78, 5) is 25.6. The van der Waals surface area contributed by atoms with Crippen molar-refractivity contribution in [3.8, 4) is 11.5 Å². The number of nitrogens with zero attached hydrogens (tertiary/aromatic N) is 6. The van der Waals surface area contributed by atoms with E-state index in [4.69, 9.17) is 19.2 Å². The van der Waals surface area contributed by atoms with Gasteiger partial charge in [0.15, 0.2) is 17.1 Å². The first-order chi connectivity index (χ1) is 19.6. The van der Waals surface area contributed by atoms with Crippen LogP contribution in [0.2, 0.25) is 0 Å². The van der Waals surface area contributed by atoms with Gasteiger partial charge in [0.2, 0.25) is 5.95 Å². The molecule has 0 aliphatic carbocycles. The van der Waals surface area contributed by atoms with Crippen LogP contribution in [0.3, 0.4) is 0 Å². The molecule has 2 aromatic heterocycles. The molecular weight excluding hydrogens is 590 g/mol. The minimum absolute atomic E-state index is 0.259. The van der Waals surface area contributed by atoms with Crippen molar-refractivity contribution in [1.82, 2.24) is 24.6 Å². The lowest BCUT2D eigenvalue weighted by atomic mass is 10.2. The van der Waals surface area contributed by atoms with Crippen LogP contribution in [-0.2, 0) is 11.3 Å². The molecule has 1 aliphatic rings. The van der Waals surface area contributed by atoms with Gasteiger partial charge in [-0.3, -0.25) is 0 Å². The number of amides is 1. The number of aromatic nitrogens is 4. The minimum Gasteiger partial charge on any atom is -0.493 e. The van der Waals surface area contributed by atoms with E-state index < -0.39 is 5.60 Å². The van der Waals surface area contributed by atoms with Crippen molar-refractivity contribution in [1.29, 1.82) is 0 Å². The molecule has 12 heteroatoms. The molecule has 1 amide bonds. The summed E-state index contributed by atoms with van der Waals surface area (Å²) in [5.41, 5.74) is 3.16. The highest BCUT2D eigenvalue weighted by Crippen LogP contribution is 2.29. The molecule has 11 nitrogen and oxygen atoms in total. The van der Waals surface area contributed by atoms with Crippen molar-refractivity contribution in [2.45, 2.75) is 32.9 Å². The van der Waals surface area contributed by atoms with E-state index in [2.05, 4.69) is 48.4 Å². The summed E-state index contributed by atoms with van der Waals surface area (Å²) in [6.07, 6.45) is 1.50. The first kappa shape index (κ1) is 28.5. The van der Waals surface area contributed by atoms with Gasteiger partial charge in [0.25, 0.3) is 0 Å². The number of rotatable bonds is 7. The second-order valence-corrected chi connectivity index (χ2v) is 11.4. The van der Waals surface area contributed by atoms with Gasteiger partial charge in [-0.15, -0.1) is 0 Å². The highest BCUT2D eigenvalue weighted by molar-refractivity contribution is 9.10. The lowest BCUT2D eigenvalue weighted by Crippen LogP contribution is -2.50. The van der Waals surface area contributed by atoms with Crippen LogP contribution in [0.4, 0.5) is 22.1 Å². The first-order valence-corrected chi connectivity index (χ1v) is 14.1. The summed E-state index contributed by atoms with van der Waals surface area (Å²) in [5.74, 6) is 1.80. The number of nitrogens with one attached hydrogen (secondary N) is 1. The predicted molar refractivity (Wildman–Crippen MR) is 161 cm³/mol. The quantitative estimate of drug-likeness (QED) is 0.287. The van der Waals surface area contributed by atoms with Gasteiger partial charge >= 0.3 is 6.09 Å². The Labute approximate surface area is 247 Å². The zero-order valence-corrected chi connectivity index (χ0v) is 25.4. The lowest BCUT2D eigenvalue weighted by Gasteiger charge is -2.36. The number of hydrogen-bond acceptors (Lipinski definition) is 9. The van der Waals surface area contributed by atoms with E-state index in [0.29, 0.717) is 47.3 Å². The van der Waals surface area contributed by atoms with Crippen molar-refractivity contribution in [3.63, 3.8) is 0 Å². The minimum atomic E-state index is -0.494. The standard InChI is InChI=1S/C29H34BrN7O4/c1-29(2,3)41-28(38)36-14-12-35(13-15-36)21-9-7-20(8-10-21)32-27-31-17-22-25(30)34-37(26(22)33-27)18-19-6-11-23(39-4)24(16-19)40-5/h6-11,16-17H,12-15,18H2,1-5H3,(H,31,32,33). The summed E-state index contributed by atoms with van der Waals surface area (Å²) < 4.78 is 18.8. The monoisotopic (exact) mass is 623 g/mol. The highest BCUT2D eigenvalue weighted by atomic mass is 79.9. The summed E-state index contributed by atoms with van der Waals surface area (Å²) in [5, 5.41) is 8.74. The average Bonchev–Trinajstić information content (AvgIpc) is 3.26. The summed E-state index contributed by atoms with van der Waals surface area (Å²) >= 11 is 3.53. The Kier molecular flexibility index (Phi) is 8.20. The number of halogens is 1. The van der Waals surface area contributed by atoms with Gasteiger partial charge in [0.1, 0.15) is 10.2 Å². The van der Waals surface area contributed by atoms with E-state index in [9.17, 15) is 4.79 Å². The predicted octanol–water partition coefficient (Wildman–Crippen LogP) is 5.46. The van der Waals surface area contributed by atoms with Gasteiger partial charge in [0.05, 0.1) is 26.2 Å². The van der Waals surface area contributed by atoms with E-state index in [1.54, 1.807) is 25.3 Å². The topological polar surface area (TPSA) is 107 Å². The lowest BCUT2D eigenvalue weighted by molar-refractivity contribution is 0.0240. The normalized spacial score (nSPS) is 13.8. The average molecular weight is 625 g/mol. The fourth-order valence-electron chi connectivity index (χ4n) is 4.60. The van der Waals surface area contributed by atoms with Crippen LogP contribution >= 0.6 is 15.9 Å². The van der Waals surface area contributed by atoms with Crippen LogP contribution < -0.4 is 19.7 Å². The third kappa shape index (κ3) is 6.64. The molecule has 5 rings (SSSR count). The maximum Gasteiger partial charge on any atom is 0.410 e. The Morgan fingerprint density at radius 3 is 2.37 bits per heavy atom. The second-order valence-electron chi connectivity index (χ2n) is 10.7. The molecule has 1 fully saturated rings. The number of methoxy groups -OCH3 is 2. The number of carbonyl (C=O) groups excluding carboxylic acids is 1. The molecule has 2 aromatic carbocycles. The Morgan fingerprint density at radius 1 is 1.00 bits per heavy atom. The fourth-order valence-corrected chi connectivity index (χ4v) is 5.07. The van der Waals surface area contributed by atoms with E-state index in [1.807, 2.05) is 55.8 Å². The molecule has 0 spiro atoms. The van der Waals surface area contributed by atoms with Gasteiger partial charge in [0, 0.05) is 43.8 Å². The molecule has 0 saturated carbocycles. The third-order valence-electron chi connectivity index (χ3n) is 6.64. The van der Waals surface area contributed by atoms with Gasteiger partial charge < -0.3 is 29.3 Å². The Bertz CT molecular complexity index is 1530. The van der Waals surface area contributed by atoms with Crippen LogP contribution in [0.15, 0.2) is 53.3 Å². The van der Waals surface area contributed by atoms with E-state index in [1.165, 1.54) is 0 Å². The number of benzene rings is 2. The molecule has 0 atom stereocenters. The molecule has 1 N–H and O–H groups in total. The first-order valence-electron chi connectivity index (χ1n) is 13.3. The van der Waals surface area contributed by atoms with Gasteiger partial charge in [-0.2, -0.15) is 10.1 Å². The molecule has 0 bridgehead atoms. The van der Waals surface area contributed by atoms with E-state index in [-0.39, 0.29) is 6.09 Å². The zero-order valence-electron chi connectivity index (χ0n) is 23.8. The number of fused-ring (bicyclic) bond motifs is 1. The molecular formula is C29H34BrN7O4. The number of piperazine rings is 1. The van der Waals surface area contributed by atoms with Crippen LogP contribution in [0.5, 0.6) is 11.5 Å². The van der Waals surface area contributed by atoms with E-state index in [0.717, 1.165) is 35.4 Å². The Morgan fingerprint density at radius 2 is 1.71 bits per heavy atom. The van der Waals surface area contributed by atoms with Crippen LogP contribution in [0.25, 0.3) is 11.0 Å². The second kappa shape index (κ2) is 11.8. The van der Waals surface area contributed by atoms with Crippen molar-refractivity contribution in [2.75, 3.05) is 50.6 Å². The highest BCUT2D eigenvalue weighted by Gasteiger charge is 2.26. The maximum atomic E-state index is 12.4. The molecule has 216 valence electrons. The molecule has 41 heavy (non-hydrogen) atoms. The van der Waals surface area contributed by atoms with Gasteiger partial charge in [-0.25, -0.2) is 14.5 Å². The number of anilines is 3. The SMILES string of the molecule is COc1ccc(Cn2nc(Br)c3cnc(Nc4ccc(N5CCN(C(=O)OC(C)(C)C)CC5)cc4)nc32)cc1OC. The zero-order chi connectivity index (χ0) is 29.1. The van der Waals surface area contributed by atoms with Gasteiger partial charge in [-0.05, 0) is 78.7 Å². The third-order valence-corrected chi connectivity index (χ3v) is 7.23. The van der Waals surface area contributed by atoms with Crippen molar-refractivity contribution in [3.05, 3.63) is 58.8 Å². The van der Waals surface area contributed by atoms with Crippen LogP contribution in [0.1, 0.15) is 26.3 Å². The molecule has 4 aromatic rings. The molecule has 0 unspecified atom stereocenters. The van der Waals surface area contributed by atoms with Gasteiger partial charge in [-0.1, -0.05) is 6.07 Å². The summed E-state index contributed by atoms with van der Waals surface area (Å²) in [6, 6.07) is 13.9.